The van der Waals surface area contributed by atoms with Gasteiger partial charge >= 0.3 is 0 Å². The number of fused-ring (bicyclic) bond motifs is 1. The second-order valence-corrected chi connectivity index (χ2v) is 6.87. The van der Waals surface area contributed by atoms with Gasteiger partial charge in [-0.25, -0.2) is 4.98 Å². The Morgan fingerprint density at radius 1 is 1.32 bits per heavy atom. The van der Waals surface area contributed by atoms with E-state index in [2.05, 4.69) is 34.0 Å². The number of hydrogen-bond donors (Lipinski definition) is 0. The summed E-state index contributed by atoms with van der Waals surface area (Å²) in [4.78, 5) is 4.66. The Kier molecular flexibility index (Phi) is 3.77. The molecule has 0 amide bonds. The summed E-state index contributed by atoms with van der Waals surface area (Å²) in [6, 6.07) is 8.35. The zero-order chi connectivity index (χ0) is 13.3. The van der Waals surface area contributed by atoms with Crippen LogP contribution < -0.4 is 0 Å². The lowest BCUT2D eigenvalue weighted by molar-refractivity contribution is 0.505. The molecule has 2 aromatic rings. The van der Waals surface area contributed by atoms with Crippen LogP contribution in [0.15, 0.2) is 24.3 Å². The first-order valence-corrected chi connectivity index (χ1v) is 8.59. The van der Waals surface area contributed by atoms with Gasteiger partial charge in [-0.15, -0.1) is 11.6 Å². The monoisotopic (exact) mass is 294 g/mol. The van der Waals surface area contributed by atoms with Gasteiger partial charge in [-0.05, 0) is 31.2 Å². The minimum atomic E-state index is 0.379. The summed E-state index contributed by atoms with van der Waals surface area (Å²) in [5.74, 6) is 1.49. The fraction of sp³-hybridized carbons (Fsp3) is 0.533. The Hall–Kier alpha value is -0.670. The third-order valence-electron chi connectivity index (χ3n) is 4.25. The van der Waals surface area contributed by atoms with Gasteiger partial charge in [-0.3, -0.25) is 0 Å². The normalized spacial score (nSPS) is 18.2. The van der Waals surface area contributed by atoms with Crippen molar-refractivity contribution < 1.29 is 0 Å². The summed E-state index contributed by atoms with van der Waals surface area (Å²) in [5.41, 5.74) is 2.28. The summed E-state index contributed by atoms with van der Waals surface area (Å²) in [6.07, 6.45) is 7.56. The van der Waals surface area contributed by atoms with Gasteiger partial charge in [0.2, 0.25) is 0 Å². The second kappa shape index (κ2) is 5.37. The smallest absolute Gasteiger partial charge is 0.124 e. The van der Waals surface area contributed by atoms with Crippen LogP contribution in [0.2, 0.25) is 0 Å². The van der Waals surface area contributed by atoms with Crippen molar-refractivity contribution in [2.45, 2.75) is 42.9 Å². The lowest BCUT2D eigenvalue weighted by Gasteiger charge is -2.28. The molecule has 102 valence electrons. The zero-order valence-electron chi connectivity index (χ0n) is 11.2. The molecule has 0 radical (unpaired) electrons. The molecule has 1 aliphatic carbocycles. The number of hydrogen-bond acceptors (Lipinski definition) is 2. The van der Waals surface area contributed by atoms with E-state index in [1.165, 1.54) is 31.2 Å². The largest absolute Gasteiger partial charge is 0.326 e. The highest BCUT2D eigenvalue weighted by atomic mass is 35.5. The number of alkyl halides is 1. The van der Waals surface area contributed by atoms with Crippen molar-refractivity contribution in [1.29, 1.82) is 0 Å². The van der Waals surface area contributed by atoms with E-state index >= 15 is 0 Å². The van der Waals surface area contributed by atoms with Crippen LogP contribution in [0.3, 0.4) is 0 Å². The van der Waals surface area contributed by atoms with E-state index in [0.717, 1.165) is 17.9 Å². The molecule has 0 aliphatic heterocycles. The van der Waals surface area contributed by atoms with Crippen molar-refractivity contribution >= 4 is 34.4 Å². The molecule has 0 N–H and O–H groups in total. The molecule has 0 spiro atoms. The van der Waals surface area contributed by atoms with E-state index < -0.39 is 0 Å². The average molecular weight is 295 g/mol. The number of halogens is 1. The molecule has 2 nitrogen and oxygen atoms in total. The van der Waals surface area contributed by atoms with Gasteiger partial charge in [-0.2, -0.15) is 11.8 Å². The number of imidazole rings is 1. The van der Waals surface area contributed by atoms with E-state index in [4.69, 9.17) is 11.6 Å². The van der Waals surface area contributed by atoms with Crippen molar-refractivity contribution in [2.24, 2.45) is 0 Å². The first kappa shape index (κ1) is 13.3. The topological polar surface area (TPSA) is 17.8 Å². The highest BCUT2D eigenvalue weighted by molar-refractivity contribution is 8.00. The Labute approximate surface area is 123 Å². The maximum Gasteiger partial charge on any atom is 0.124 e. The lowest BCUT2D eigenvalue weighted by Crippen LogP contribution is -2.27. The molecule has 1 aromatic carbocycles. The molecule has 19 heavy (non-hydrogen) atoms. The van der Waals surface area contributed by atoms with Gasteiger partial charge in [0.1, 0.15) is 5.82 Å². The quantitative estimate of drug-likeness (QED) is 0.775. The molecule has 1 fully saturated rings. The Balaban J connectivity index is 2.03. The molecule has 0 bridgehead atoms. The second-order valence-electron chi connectivity index (χ2n) is 5.33. The molecule has 0 atom stereocenters. The van der Waals surface area contributed by atoms with E-state index in [0.29, 0.717) is 10.6 Å². The highest BCUT2D eigenvalue weighted by Gasteiger charge is 2.34. The van der Waals surface area contributed by atoms with Crippen LogP contribution >= 0.6 is 23.4 Å². The standard InChI is InChI=1S/C15H19ClN2S/c1-19-15(8-4-5-9-15)11-18-13-7-3-2-6-12(13)17-14(18)10-16/h2-3,6-7H,4-5,8-11H2,1H3. The Bertz CT molecular complexity index is 573. The van der Waals surface area contributed by atoms with Gasteiger partial charge in [0, 0.05) is 11.3 Å². The van der Waals surface area contributed by atoms with Crippen molar-refractivity contribution in [3.63, 3.8) is 0 Å². The highest BCUT2D eigenvalue weighted by Crippen LogP contribution is 2.42. The number of rotatable bonds is 4. The van der Waals surface area contributed by atoms with Crippen molar-refractivity contribution in [1.82, 2.24) is 9.55 Å². The van der Waals surface area contributed by atoms with Crippen LogP contribution in [0, 0.1) is 0 Å². The SMILES string of the molecule is CSC1(Cn2c(CCl)nc3ccccc32)CCCC1. The Morgan fingerprint density at radius 3 is 2.74 bits per heavy atom. The molecule has 4 heteroatoms. The summed E-state index contributed by atoms with van der Waals surface area (Å²) in [5, 5.41) is 0. The third kappa shape index (κ3) is 2.38. The first-order valence-electron chi connectivity index (χ1n) is 6.83. The average Bonchev–Trinajstić information content (AvgIpc) is 3.05. The minimum Gasteiger partial charge on any atom is -0.326 e. The maximum absolute atomic E-state index is 6.09. The van der Waals surface area contributed by atoms with Crippen LogP contribution in [0.25, 0.3) is 11.0 Å². The molecule has 3 rings (SSSR count). The van der Waals surface area contributed by atoms with Crippen LogP contribution in [0.4, 0.5) is 0 Å². The van der Waals surface area contributed by atoms with Crippen LogP contribution in [0.5, 0.6) is 0 Å². The molecule has 0 saturated heterocycles. The summed E-state index contributed by atoms with van der Waals surface area (Å²) in [7, 11) is 0. The fourth-order valence-electron chi connectivity index (χ4n) is 3.14. The molecule has 1 heterocycles. The van der Waals surface area contributed by atoms with Crippen LogP contribution in [0.1, 0.15) is 31.5 Å². The molecule has 1 aliphatic rings. The summed E-state index contributed by atoms with van der Waals surface area (Å²) in [6.45, 7) is 1.04. The number of para-hydroxylation sites is 2. The summed E-state index contributed by atoms with van der Waals surface area (Å²) >= 11 is 8.10. The van der Waals surface area contributed by atoms with Crippen LogP contribution in [-0.4, -0.2) is 20.6 Å². The van der Waals surface area contributed by atoms with Gasteiger partial charge in [0.25, 0.3) is 0 Å². The minimum absolute atomic E-state index is 0.379. The fourth-order valence-corrected chi connectivity index (χ4v) is 4.30. The van der Waals surface area contributed by atoms with E-state index in [1.807, 2.05) is 17.8 Å². The van der Waals surface area contributed by atoms with Crippen LogP contribution in [-0.2, 0) is 12.4 Å². The zero-order valence-corrected chi connectivity index (χ0v) is 12.8. The molecule has 1 saturated carbocycles. The summed E-state index contributed by atoms with van der Waals surface area (Å²) < 4.78 is 2.72. The van der Waals surface area contributed by atoms with Gasteiger partial charge in [-0.1, -0.05) is 25.0 Å². The number of nitrogens with zero attached hydrogens (tertiary/aromatic N) is 2. The predicted molar refractivity (Wildman–Crippen MR) is 84.0 cm³/mol. The first-order chi connectivity index (χ1) is 9.28. The third-order valence-corrected chi connectivity index (χ3v) is 5.89. The predicted octanol–water partition coefficient (Wildman–Crippen LogP) is 4.45. The molecular weight excluding hydrogens is 276 g/mol. The van der Waals surface area contributed by atoms with Crippen molar-refractivity contribution in [3.05, 3.63) is 30.1 Å². The molecule has 1 aromatic heterocycles. The van der Waals surface area contributed by atoms with E-state index in [-0.39, 0.29) is 0 Å². The van der Waals surface area contributed by atoms with Gasteiger partial charge in [0.15, 0.2) is 0 Å². The van der Waals surface area contributed by atoms with E-state index in [1.54, 1.807) is 0 Å². The molecular formula is C15H19ClN2S. The number of benzene rings is 1. The number of aromatic nitrogens is 2. The van der Waals surface area contributed by atoms with E-state index in [9.17, 15) is 0 Å². The van der Waals surface area contributed by atoms with Crippen molar-refractivity contribution in [2.75, 3.05) is 6.26 Å². The maximum atomic E-state index is 6.09. The number of thioether (sulfide) groups is 1. The van der Waals surface area contributed by atoms with Gasteiger partial charge in [0.05, 0.1) is 16.9 Å². The lowest BCUT2D eigenvalue weighted by atomic mass is 10.1. The van der Waals surface area contributed by atoms with Gasteiger partial charge < -0.3 is 4.57 Å². The Morgan fingerprint density at radius 2 is 2.05 bits per heavy atom. The molecule has 0 unspecified atom stereocenters. The van der Waals surface area contributed by atoms with Crippen molar-refractivity contribution in [3.8, 4) is 0 Å².